The molecule has 16 heavy (non-hydrogen) atoms. The molecule has 0 aliphatic heterocycles. The quantitative estimate of drug-likeness (QED) is 0.685. The molecule has 84 valence electrons. The zero-order chi connectivity index (χ0) is 11.8. The third-order valence-electron chi connectivity index (χ3n) is 2.74. The van der Waals surface area contributed by atoms with Gasteiger partial charge >= 0.3 is 0 Å². The molecule has 1 aromatic carbocycles. The van der Waals surface area contributed by atoms with Gasteiger partial charge in [-0.25, -0.2) is 4.79 Å². The van der Waals surface area contributed by atoms with E-state index < -0.39 is 5.54 Å². The Bertz CT molecular complexity index is 476. The van der Waals surface area contributed by atoms with Crippen LogP contribution in [0, 0.1) is 0 Å². The number of aromatic hydroxyl groups is 1. The van der Waals surface area contributed by atoms with Crippen LogP contribution >= 0.6 is 15.9 Å². The smallest absolute Gasteiger partial charge is 0.235 e. The first-order valence-electron chi connectivity index (χ1n) is 4.79. The molecule has 0 saturated heterocycles. The van der Waals surface area contributed by atoms with E-state index in [2.05, 4.69) is 20.9 Å². The van der Waals surface area contributed by atoms with Crippen LogP contribution in [0.25, 0.3) is 0 Å². The average Bonchev–Trinajstić information content (AvgIpc) is 3.02. The normalized spacial score (nSPS) is 16.4. The minimum Gasteiger partial charge on any atom is -0.504 e. The highest BCUT2D eigenvalue weighted by Crippen LogP contribution is 2.56. The van der Waals surface area contributed by atoms with Crippen molar-refractivity contribution >= 4 is 22.0 Å². The first-order valence-corrected chi connectivity index (χ1v) is 5.59. The predicted molar refractivity (Wildman–Crippen MR) is 61.4 cm³/mol. The molecule has 1 aliphatic carbocycles. The van der Waals surface area contributed by atoms with Crippen LogP contribution in [0.2, 0.25) is 0 Å². The lowest BCUT2D eigenvalue weighted by Crippen LogP contribution is -2.06. The molecule has 0 bridgehead atoms. The summed E-state index contributed by atoms with van der Waals surface area (Å²) < 4.78 is 5.94. The third kappa shape index (κ3) is 1.62. The molecule has 1 aliphatic rings. The summed E-state index contributed by atoms with van der Waals surface area (Å²) in [4.78, 5) is 14.2. The van der Waals surface area contributed by atoms with Gasteiger partial charge in [-0.1, -0.05) is 15.9 Å². The largest absolute Gasteiger partial charge is 0.504 e. The Morgan fingerprint density at radius 3 is 2.75 bits per heavy atom. The number of rotatable bonds is 3. The Kier molecular flexibility index (Phi) is 2.74. The molecule has 0 aromatic heterocycles. The Morgan fingerprint density at radius 2 is 2.25 bits per heavy atom. The average molecular weight is 284 g/mol. The van der Waals surface area contributed by atoms with Crippen molar-refractivity contribution in [3.63, 3.8) is 0 Å². The summed E-state index contributed by atoms with van der Waals surface area (Å²) in [6, 6.07) is 3.25. The number of hydrogen-bond acceptors (Lipinski definition) is 4. The maximum Gasteiger partial charge on any atom is 0.235 e. The van der Waals surface area contributed by atoms with Crippen LogP contribution in [-0.4, -0.2) is 18.3 Å². The van der Waals surface area contributed by atoms with Crippen molar-refractivity contribution in [1.82, 2.24) is 0 Å². The van der Waals surface area contributed by atoms with Crippen molar-refractivity contribution < 1.29 is 14.6 Å². The minimum absolute atomic E-state index is 0.0491. The van der Waals surface area contributed by atoms with Crippen LogP contribution < -0.4 is 4.74 Å². The number of carbonyl (C=O) groups excluding carboxylic acids is 1. The summed E-state index contributed by atoms with van der Waals surface area (Å²) >= 11 is 3.39. The first kappa shape index (κ1) is 11.2. The standard InChI is InChI=1S/C11H10BrNO3/c1-16-10-8(15)3-2-7(12)9(10)11(4-5-11)13-6-14/h2-3,15H,4-5H2,1H3. The number of ether oxygens (including phenoxy) is 1. The minimum atomic E-state index is -0.565. The van der Waals surface area contributed by atoms with Crippen LogP contribution in [0.3, 0.4) is 0 Å². The summed E-state index contributed by atoms with van der Waals surface area (Å²) in [5.74, 6) is 0.416. The Morgan fingerprint density at radius 1 is 1.56 bits per heavy atom. The molecule has 0 unspecified atom stereocenters. The lowest BCUT2D eigenvalue weighted by molar-refractivity contribution is 0.364. The molecule has 0 atom stereocenters. The van der Waals surface area contributed by atoms with Gasteiger partial charge in [-0.2, -0.15) is 4.99 Å². The number of benzene rings is 1. The van der Waals surface area contributed by atoms with Gasteiger partial charge in [-0.15, -0.1) is 0 Å². The van der Waals surface area contributed by atoms with Gasteiger partial charge in [0.15, 0.2) is 11.5 Å². The van der Waals surface area contributed by atoms with Gasteiger partial charge in [-0.05, 0) is 25.0 Å². The van der Waals surface area contributed by atoms with Crippen molar-refractivity contribution in [1.29, 1.82) is 0 Å². The number of phenolic OH excluding ortho intramolecular Hbond substituents is 1. The van der Waals surface area contributed by atoms with E-state index in [1.54, 1.807) is 12.1 Å². The van der Waals surface area contributed by atoms with Crippen molar-refractivity contribution in [2.75, 3.05) is 7.11 Å². The van der Waals surface area contributed by atoms with Crippen molar-refractivity contribution in [2.45, 2.75) is 18.4 Å². The molecule has 0 heterocycles. The van der Waals surface area contributed by atoms with E-state index in [0.717, 1.165) is 22.9 Å². The highest BCUT2D eigenvalue weighted by atomic mass is 79.9. The summed E-state index contributed by atoms with van der Waals surface area (Å²) in [5.41, 5.74) is 0.156. The van der Waals surface area contributed by atoms with E-state index in [1.807, 2.05) is 0 Å². The Hall–Kier alpha value is -1.32. The Labute approximate surface area is 101 Å². The van der Waals surface area contributed by atoms with Crippen LogP contribution in [0.1, 0.15) is 18.4 Å². The van der Waals surface area contributed by atoms with Gasteiger partial charge in [0.05, 0.1) is 7.11 Å². The zero-order valence-corrected chi connectivity index (χ0v) is 10.2. The molecule has 1 saturated carbocycles. The van der Waals surface area contributed by atoms with Gasteiger partial charge in [0.25, 0.3) is 0 Å². The molecule has 0 spiro atoms. The molecule has 0 amide bonds. The number of aliphatic imine (C=N–C) groups is 1. The number of isocyanates is 1. The molecule has 1 N–H and O–H groups in total. The fraction of sp³-hybridized carbons (Fsp3) is 0.364. The number of nitrogens with zero attached hydrogens (tertiary/aromatic N) is 1. The predicted octanol–water partition coefficient (Wildman–Crippen LogP) is 2.49. The number of methoxy groups -OCH3 is 1. The molecule has 5 heteroatoms. The highest BCUT2D eigenvalue weighted by Gasteiger charge is 2.48. The highest BCUT2D eigenvalue weighted by molar-refractivity contribution is 9.10. The summed E-state index contributed by atoms with van der Waals surface area (Å²) in [5, 5.41) is 9.69. The zero-order valence-electron chi connectivity index (χ0n) is 8.66. The number of hydrogen-bond donors (Lipinski definition) is 1. The summed E-state index contributed by atoms with van der Waals surface area (Å²) in [7, 11) is 1.48. The number of halogens is 1. The van der Waals surface area contributed by atoms with E-state index >= 15 is 0 Å². The van der Waals surface area contributed by atoms with Crippen LogP contribution in [0.5, 0.6) is 11.5 Å². The van der Waals surface area contributed by atoms with E-state index in [-0.39, 0.29) is 5.75 Å². The molecule has 1 fully saturated rings. The molecule has 0 radical (unpaired) electrons. The van der Waals surface area contributed by atoms with E-state index in [4.69, 9.17) is 4.74 Å². The SMILES string of the molecule is COc1c(O)ccc(Br)c1C1(N=C=O)CC1. The van der Waals surface area contributed by atoms with Gasteiger partial charge in [0, 0.05) is 10.0 Å². The van der Waals surface area contributed by atoms with E-state index in [0.29, 0.717) is 5.75 Å². The van der Waals surface area contributed by atoms with Crippen molar-refractivity contribution in [2.24, 2.45) is 4.99 Å². The molecule has 1 aromatic rings. The van der Waals surface area contributed by atoms with Crippen molar-refractivity contribution in [3.05, 3.63) is 22.2 Å². The van der Waals surface area contributed by atoms with E-state index in [9.17, 15) is 9.90 Å². The van der Waals surface area contributed by atoms with Gasteiger partial charge in [0.1, 0.15) is 5.54 Å². The number of phenols is 1. The molecular weight excluding hydrogens is 274 g/mol. The lowest BCUT2D eigenvalue weighted by atomic mass is 10.0. The van der Waals surface area contributed by atoms with Gasteiger partial charge in [-0.3, -0.25) is 0 Å². The second kappa shape index (κ2) is 3.92. The molecule has 4 nitrogen and oxygen atoms in total. The monoisotopic (exact) mass is 283 g/mol. The van der Waals surface area contributed by atoms with Gasteiger partial charge in [0.2, 0.25) is 6.08 Å². The fourth-order valence-electron chi connectivity index (χ4n) is 1.81. The molecular formula is C11H10BrNO3. The summed E-state index contributed by atoms with van der Waals surface area (Å²) in [6.45, 7) is 0. The topological polar surface area (TPSA) is 58.9 Å². The molecule has 2 rings (SSSR count). The first-order chi connectivity index (χ1) is 7.64. The maximum atomic E-state index is 10.4. The fourth-order valence-corrected chi connectivity index (χ4v) is 2.49. The Balaban J connectivity index is 2.63. The lowest BCUT2D eigenvalue weighted by Gasteiger charge is -2.16. The second-order valence-corrected chi connectivity index (χ2v) is 4.56. The van der Waals surface area contributed by atoms with Crippen LogP contribution in [0.4, 0.5) is 0 Å². The van der Waals surface area contributed by atoms with E-state index in [1.165, 1.54) is 13.2 Å². The second-order valence-electron chi connectivity index (χ2n) is 3.71. The van der Waals surface area contributed by atoms with Crippen LogP contribution in [-0.2, 0) is 10.3 Å². The summed E-state index contributed by atoms with van der Waals surface area (Å²) in [6.07, 6.45) is 3.11. The maximum absolute atomic E-state index is 10.4. The van der Waals surface area contributed by atoms with Crippen LogP contribution in [0.15, 0.2) is 21.6 Å². The third-order valence-corrected chi connectivity index (χ3v) is 3.40. The van der Waals surface area contributed by atoms with Crippen molar-refractivity contribution in [3.8, 4) is 11.5 Å². The van der Waals surface area contributed by atoms with Gasteiger partial charge < -0.3 is 9.84 Å².